The number of amides is 1. The van der Waals surface area contributed by atoms with E-state index in [4.69, 9.17) is 19.2 Å². The van der Waals surface area contributed by atoms with Crippen LogP contribution in [-0.2, 0) is 25.6 Å². The average molecular weight is 468 g/mol. The van der Waals surface area contributed by atoms with E-state index < -0.39 is 0 Å². The standard InChI is InChI=1S/C25H33N5O4/c1-32-16-19-3-2-4-20(11-19)24-27-13-22-25(28-24)30-7-10-34-17-21(30)14-29(22)15-23(31)26-12-18-5-8-33-9-6-18/h2-4,11,13,18,21H,5-10,12,14-17H2,1H3,(H,26,31)/t21-/m1/s1. The third-order valence-corrected chi connectivity index (χ3v) is 6.78. The molecule has 9 heteroatoms. The molecule has 5 rings (SSSR count). The maximum atomic E-state index is 12.8. The van der Waals surface area contributed by atoms with Gasteiger partial charge in [0.25, 0.3) is 0 Å². The topological polar surface area (TPSA) is 89.1 Å². The van der Waals surface area contributed by atoms with Crippen LogP contribution >= 0.6 is 0 Å². The summed E-state index contributed by atoms with van der Waals surface area (Å²) < 4.78 is 16.4. The highest BCUT2D eigenvalue weighted by atomic mass is 16.5. The molecular weight excluding hydrogens is 434 g/mol. The van der Waals surface area contributed by atoms with Gasteiger partial charge < -0.3 is 29.3 Å². The number of benzene rings is 1. The lowest BCUT2D eigenvalue weighted by Gasteiger charge is -2.45. The molecule has 0 radical (unpaired) electrons. The highest BCUT2D eigenvalue weighted by Crippen LogP contribution is 2.35. The number of carbonyl (C=O) groups is 1. The first-order chi connectivity index (χ1) is 16.7. The Balaban J connectivity index is 1.35. The first kappa shape index (κ1) is 23.0. The van der Waals surface area contributed by atoms with Gasteiger partial charge in [0.2, 0.25) is 5.91 Å². The largest absolute Gasteiger partial charge is 0.381 e. The van der Waals surface area contributed by atoms with Gasteiger partial charge in [-0.1, -0.05) is 18.2 Å². The number of rotatable bonds is 7. The summed E-state index contributed by atoms with van der Waals surface area (Å²) in [6.07, 6.45) is 3.87. The fraction of sp³-hybridized carbons (Fsp3) is 0.560. The quantitative estimate of drug-likeness (QED) is 0.660. The molecule has 1 amide bonds. The molecule has 1 aromatic carbocycles. The number of ether oxygens (including phenoxy) is 3. The molecule has 0 saturated carbocycles. The minimum absolute atomic E-state index is 0.0268. The zero-order valence-corrected chi connectivity index (χ0v) is 19.7. The normalized spacial score (nSPS) is 20.6. The molecule has 3 aliphatic rings. The van der Waals surface area contributed by atoms with Gasteiger partial charge in [-0.25, -0.2) is 9.97 Å². The van der Waals surface area contributed by atoms with Gasteiger partial charge in [0, 0.05) is 45.5 Å². The third kappa shape index (κ3) is 5.16. The zero-order chi connectivity index (χ0) is 23.3. The number of carbonyl (C=O) groups excluding carboxylic acids is 1. The molecule has 4 heterocycles. The molecule has 34 heavy (non-hydrogen) atoms. The van der Waals surface area contributed by atoms with Crippen LogP contribution in [0.1, 0.15) is 18.4 Å². The number of hydrogen-bond donors (Lipinski definition) is 1. The zero-order valence-electron chi connectivity index (χ0n) is 19.7. The predicted molar refractivity (Wildman–Crippen MR) is 129 cm³/mol. The molecule has 182 valence electrons. The Bertz CT molecular complexity index is 997. The minimum atomic E-state index is 0.0268. The van der Waals surface area contributed by atoms with Crippen molar-refractivity contribution in [3.05, 3.63) is 36.0 Å². The first-order valence-electron chi connectivity index (χ1n) is 12.1. The van der Waals surface area contributed by atoms with E-state index in [1.165, 1.54) is 0 Å². The molecule has 0 spiro atoms. The Morgan fingerprint density at radius 2 is 2.12 bits per heavy atom. The van der Waals surface area contributed by atoms with Crippen molar-refractivity contribution in [2.24, 2.45) is 5.92 Å². The third-order valence-electron chi connectivity index (χ3n) is 6.78. The Kier molecular flexibility index (Phi) is 7.22. The molecule has 2 saturated heterocycles. The summed E-state index contributed by atoms with van der Waals surface area (Å²) in [6, 6.07) is 8.27. The number of nitrogens with one attached hydrogen (secondary N) is 1. The van der Waals surface area contributed by atoms with Crippen LogP contribution < -0.4 is 15.1 Å². The van der Waals surface area contributed by atoms with Gasteiger partial charge in [0.15, 0.2) is 11.6 Å². The summed E-state index contributed by atoms with van der Waals surface area (Å²) in [5.74, 6) is 2.07. The van der Waals surface area contributed by atoms with Crippen LogP contribution in [0.25, 0.3) is 11.4 Å². The van der Waals surface area contributed by atoms with Crippen LogP contribution in [0.15, 0.2) is 30.5 Å². The maximum absolute atomic E-state index is 12.8. The van der Waals surface area contributed by atoms with Crippen molar-refractivity contribution < 1.29 is 19.0 Å². The van der Waals surface area contributed by atoms with E-state index in [-0.39, 0.29) is 18.5 Å². The summed E-state index contributed by atoms with van der Waals surface area (Å²) >= 11 is 0. The van der Waals surface area contributed by atoms with Gasteiger partial charge in [0.05, 0.1) is 44.3 Å². The molecular formula is C25H33N5O4. The lowest BCUT2D eigenvalue weighted by Crippen LogP contribution is -2.57. The Morgan fingerprint density at radius 1 is 1.24 bits per heavy atom. The SMILES string of the molecule is COCc1cccc(-c2ncc3c(n2)N2CCOC[C@H]2CN3CC(=O)NCC2CCOCC2)c1. The highest BCUT2D eigenvalue weighted by molar-refractivity contribution is 5.84. The molecule has 3 aliphatic heterocycles. The van der Waals surface area contributed by atoms with Crippen molar-refractivity contribution >= 4 is 17.4 Å². The minimum Gasteiger partial charge on any atom is -0.381 e. The van der Waals surface area contributed by atoms with E-state index in [2.05, 4.69) is 26.2 Å². The van der Waals surface area contributed by atoms with Crippen LogP contribution in [0.2, 0.25) is 0 Å². The Hall–Kier alpha value is -2.75. The second-order valence-corrected chi connectivity index (χ2v) is 9.20. The van der Waals surface area contributed by atoms with Crippen molar-refractivity contribution in [2.75, 3.05) is 69.5 Å². The van der Waals surface area contributed by atoms with Crippen molar-refractivity contribution in [1.82, 2.24) is 15.3 Å². The van der Waals surface area contributed by atoms with Gasteiger partial charge in [-0.2, -0.15) is 0 Å². The molecule has 0 bridgehead atoms. The second kappa shape index (κ2) is 10.7. The molecule has 1 N–H and O–H groups in total. The van der Waals surface area contributed by atoms with Crippen LogP contribution in [0.5, 0.6) is 0 Å². The Labute approximate surface area is 200 Å². The number of hydrogen-bond acceptors (Lipinski definition) is 8. The van der Waals surface area contributed by atoms with Gasteiger partial charge in [-0.15, -0.1) is 0 Å². The Morgan fingerprint density at radius 3 is 2.97 bits per heavy atom. The summed E-state index contributed by atoms with van der Waals surface area (Å²) in [5, 5.41) is 3.12. The van der Waals surface area contributed by atoms with Gasteiger partial charge in [0.1, 0.15) is 0 Å². The molecule has 0 aliphatic carbocycles. The number of morpholine rings is 1. The molecule has 9 nitrogen and oxygen atoms in total. The van der Waals surface area contributed by atoms with Crippen LogP contribution in [0, 0.1) is 5.92 Å². The fourth-order valence-electron chi connectivity index (χ4n) is 4.93. The molecule has 2 aromatic rings. The van der Waals surface area contributed by atoms with Crippen molar-refractivity contribution in [3.63, 3.8) is 0 Å². The van der Waals surface area contributed by atoms with E-state index >= 15 is 0 Å². The van der Waals surface area contributed by atoms with Crippen LogP contribution in [0.3, 0.4) is 0 Å². The second-order valence-electron chi connectivity index (χ2n) is 9.20. The average Bonchev–Trinajstić information content (AvgIpc) is 2.88. The predicted octanol–water partition coefficient (Wildman–Crippen LogP) is 1.86. The van der Waals surface area contributed by atoms with Crippen LogP contribution in [-0.4, -0.2) is 81.6 Å². The maximum Gasteiger partial charge on any atom is 0.239 e. The monoisotopic (exact) mass is 467 g/mol. The van der Waals surface area contributed by atoms with E-state index in [1.807, 2.05) is 24.4 Å². The van der Waals surface area contributed by atoms with E-state index in [1.54, 1.807) is 7.11 Å². The molecule has 1 atom stereocenters. The summed E-state index contributed by atoms with van der Waals surface area (Å²) in [4.78, 5) is 26.9. The van der Waals surface area contributed by atoms with Crippen molar-refractivity contribution in [2.45, 2.75) is 25.5 Å². The van der Waals surface area contributed by atoms with Gasteiger partial charge in [-0.3, -0.25) is 4.79 Å². The first-order valence-corrected chi connectivity index (χ1v) is 12.1. The summed E-state index contributed by atoms with van der Waals surface area (Å²) in [7, 11) is 1.69. The summed E-state index contributed by atoms with van der Waals surface area (Å²) in [5.41, 5.74) is 2.93. The molecule has 1 aromatic heterocycles. The highest BCUT2D eigenvalue weighted by Gasteiger charge is 2.35. The molecule has 2 fully saturated rings. The summed E-state index contributed by atoms with van der Waals surface area (Å²) in [6.45, 7) is 5.89. The van der Waals surface area contributed by atoms with Crippen molar-refractivity contribution in [3.8, 4) is 11.4 Å². The number of fused-ring (bicyclic) bond motifs is 3. The number of aromatic nitrogens is 2. The van der Waals surface area contributed by atoms with E-state index in [9.17, 15) is 4.79 Å². The number of anilines is 2. The number of nitrogens with zero attached hydrogens (tertiary/aromatic N) is 4. The van der Waals surface area contributed by atoms with Crippen molar-refractivity contribution in [1.29, 1.82) is 0 Å². The van der Waals surface area contributed by atoms with Gasteiger partial charge >= 0.3 is 0 Å². The van der Waals surface area contributed by atoms with Gasteiger partial charge in [-0.05, 0) is 30.4 Å². The van der Waals surface area contributed by atoms with Crippen LogP contribution in [0.4, 0.5) is 11.5 Å². The fourth-order valence-corrected chi connectivity index (χ4v) is 4.93. The van der Waals surface area contributed by atoms with E-state index in [0.717, 1.165) is 55.2 Å². The molecule has 0 unspecified atom stereocenters. The number of methoxy groups -OCH3 is 1. The smallest absolute Gasteiger partial charge is 0.239 e. The lowest BCUT2D eigenvalue weighted by molar-refractivity contribution is -0.120. The van der Waals surface area contributed by atoms with E-state index in [0.29, 0.717) is 44.7 Å². The lowest BCUT2D eigenvalue weighted by atomic mass is 10.0.